The molecule has 4 rings (SSSR count). The van der Waals surface area contributed by atoms with Gasteiger partial charge in [-0.1, -0.05) is 12.8 Å². The minimum absolute atomic E-state index is 0.0554. The van der Waals surface area contributed by atoms with Crippen LogP contribution in [-0.4, -0.2) is 55.7 Å². The number of nitrogens with zero attached hydrogens (tertiary/aromatic N) is 2. The summed E-state index contributed by atoms with van der Waals surface area (Å²) in [6.45, 7) is 5.33. The zero-order valence-electron chi connectivity index (χ0n) is 16.4. The number of ether oxygens (including phenoxy) is 1. The summed E-state index contributed by atoms with van der Waals surface area (Å²) in [4.78, 5) is 17.4. The van der Waals surface area contributed by atoms with Gasteiger partial charge in [-0.3, -0.25) is 9.69 Å². The number of carbonyl (C=O) groups excluding carboxylic acids is 1. The second-order valence-electron chi connectivity index (χ2n) is 8.25. The van der Waals surface area contributed by atoms with Gasteiger partial charge in [0.25, 0.3) is 0 Å². The molecule has 2 heterocycles. The van der Waals surface area contributed by atoms with Gasteiger partial charge >= 0.3 is 0 Å². The Bertz CT molecular complexity index is 598. The monoisotopic (exact) mass is 371 g/mol. The van der Waals surface area contributed by atoms with Gasteiger partial charge in [0.15, 0.2) is 0 Å². The summed E-state index contributed by atoms with van der Waals surface area (Å²) >= 11 is 0. The molecular weight excluding hydrogens is 338 g/mol. The van der Waals surface area contributed by atoms with Crippen LogP contribution in [0.2, 0.25) is 0 Å². The first kappa shape index (κ1) is 18.8. The normalized spacial score (nSPS) is 24.9. The summed E-state index contributed by atoms with van der Waals surface area (Å²) in [6, 6.07) is 9.16. The average molecular weight is 372 g/mol. The molecule has 5 nitrogen and oxygen atoms in total. The molecule has 148 valence electrons. The van der Waals surface area contributed by atoms with Gasteiger partial charge in [-0.15, -0.1) is 0 Å². The van der Waals surface area contributed by atoms with Crippen molar-refractivity contribution in [3.05, 3.63) is 24.3 Å². The van der Waals surface area contributed by atoms with E-state index in [9.17, 15) is 4.79 Å². The summed E-state index contributed by atoms with van der Waals surface area (Å²) < 4.78 is 5.66. The third kappa shape index (κ3) is 5.02. The van der Waals surface area contributed by atoms with Gasteiger partial charge in [-0.25, -0.2) is 0 Å². The maximum absolute atomic E-state index is 12.2. The van der Waals surface area contributed by atoms with E-state index in [0.29, 0.717) is 6.42 Å². The molecule has 5 heteroatoms. The van der Waals surface area contributed by atoms with Crippen molar-refractivity contribution in [3.63, 3.8) is 0 Å². The highest BCUT2D eigenvalue weighted by Gasteiger charge is 2.26. The van der Waals surface area contributed by atoms with Crippen LogP contribution in [0.15, 0.2) is 24.3 Å². The lowest BCUT2D eigenvalue weighted by atomic mass is 10.1. The van der Waals surface area contributed by atoms with Crippen LogP contribution in [0.4, 0.5) is 11.4 Å². The van der Waals surface area contributed by atoms with Crippen LogP contribution in [0.25, 0.3) is 0 Å². The van der Waals surface area contributed by atoms with Gasteiger partial charge < -0.3 is 15.0 Å². The summed E-state index contributed by atoms with van der Waals surface area (Å²) in [5.41, 5.74) is 2.14. The average Bonchev–Trinajstić information content (AvgIpc) is 3.24. The molecule has 2 saturated heterocycles. The lowest BCUT2D eigenvalue weighted by Crippen LogP contribution is -2.49. The highest BCUT2D eigenvalue weighted by Crippen LogP contribution is 2.26. The molecular formula is C22H33N3O2. The smallest absolute Gasteiger partial charge is 0.226 e. The molecule has 1 atom stereocenters. The molecule has 3 aliphatic rings. The Hall–Kier alpha value is -1.59. The molecule has 0 spiro atoms. The third-order valence-electron chi connectivity index (χ3n) is 6.36. The standard InChI is InChI=1S/C22H33N3O2/c26-22(17-21-7-3-4-16-27-21)23-18-8-10-20(11-9-18)25-14-12-24(13-15-25)19-5-1-2-6-19/h8-11,19,21H,1-7,12-17H2,(H,23,26). The van der Waals surface area contributed by atoms with Gasteiger partial charge in [-0.05, 0) is 56.4 Å². The van der Waals surface area contributed by atoms with Crippen LogP contribution in [0.3, 0.4) is 0 Å². The Balaban J connectivity index is 1.24. The van der Waals surface area contributed by atoms with Crippen molar-refractivity contribution in [2.75, 3.05) is 43.0 Å². The predicted octanol–water partition coefficient (Wildman–Crippen LogP) is 3.65. The summed E-state index contributed by atoms with van der Waals surface area (Å²) in [5.74, 6) is 0.0554. The first-order valence-corrected chi connectivity index (χ1v) is 10.8. The molecule has 27 heavy (non-hydrogen) atoms. The summed E-state index contributed by atoms with van der Waals surface area (Å²) in [7, 11) is 0. The van der Waals surface area contributed by atoms with Gasteiger partial charge in [-0.2, -0.15) is 0 Å². The first-order chi connectivity index (χ1) is 13.3. The zero-order valence-corrected chi connectivity index (χ0v) is 16.4. The maximum Gasteiger partial charge on any atom is 0.226 e. The van der Waals surface area contributed by atoms with Crippen LogP contribution in [0.1, 0.15) is 51.4 Å². The van der Waals surface area contributed by atoms with E-state index in [4.69, 9.17) is 4.74 Å². The van der Waals surface area contributed by atoms with Crippen molar-refractivity contribution in [3.8, 4) is 0 Å². The fraction of sp³-hybridized carbons (Fsp3) is 0.682. The van der Waals surface area contributed by atoms with Crippen molar-refractivity contribution in [1.29, 1.82) is 0 Å². The van der Waals surface area contributed by atoms with Gasteiger partial charge in [0.05, 0.1) is 12.5 Å². The number of amides is 1. The van der Waals surface area contributed by atoms with E-state index < -0.39 is 0 Å². The van der Waals surface area contributed by atoms with E-state index in [1.54, 1.807) is 0 Å². The highest BCUT2D eigenvalue weighted by molar-refractivity contribution is 5.91. The van der Waals surface area contributed by atoms with Crippen molar-refractivity contribution in [2.24, 2.45) is 0 Å². The lowest BCUT2D eigenvalue weighted by Gasteiger charge is -2.39. The van der Waals surface area contributed by atoms with Gasteiger partial charge in [0.1, 0.15) is 0 Å². The van der Waals surface area contributed by atoms with E-state index in [-0.39, 0.29) is 12.0 Å². The predicted molar refractivity (Wildman–Crippen MR) is 109 cm³/mol. The van der Waals surface area contributed by atoms with E-state index in [1.165, 1.54) is 50.9 Å². The largest absolute Gasteiger partial charge is 0.378 e. The number of piperazine rings is 1. The second kappa shape index (κ2) is 9.07. The Kier molecular flexibility index (Phi) is 6.30. The summed E-state index contributed by atoms with van der Waals surface area (Å²) in [6.07, 6.45) is 9.43. The first-order valence-electron chi connectivity index (χ1n) is 10.8. The molecule has 1 aromatic carbocycles. The quantitative estimate of drug-likeness (QED) is 0.858. The molecule has 1 aliphatic carbocycles. The zero-order chi connectivity index (χ0) is 18.5. The molecule has 1 amide bonds. The molecule has 1 aromatic rings. The Morgan fingerprint density at radius 2 is 1.67 bits per heavy atom. The lowest BCUT2D eigenvalue weighted by molar-refractivity contribution is -0.119. The van der Waals surface area contributed by atoms with Crippen LogP contribution in [0, 0.1) is 0 Å². The molecule has 1 N–H and O–H groups in total. The van der Waals surface area contributed by atoms with Crippen molar-refractivity contribution < 1.29 is 9.53 Å². The molecule has 1 unspecified atom stereocenters. The summed E-state index contributed by atoms with van der Waals surface area (Å²) in [5, 5.41) is 3.02. The third-order valence-corrected chi connectivity index (χ3v) is 6.36. The molecule has 1 saturated carbocycles. The number of hydrogen-bond acceptors (Lipinski definition) is 4. The van der Waals surface area contributed by atoms with Crippen LogP contribution >= 0.6 is 0 Å². The van der Waals surface area contributed by atoms with Gasteiger partial charge in [0.2, 0.25) is 5.91 Å². The fourth-order valence-corrected chi connectivity index (χ4v) is 4.76. The number of benzene rings is 1. The molecule has 2 aliphatic heterocycles. The maximum atomic E-state index is 12.2. The second-order valence-corrected chi connectivity index (χ2v) is 8.25. The van der Waals surface area contributed by atoms with Crippen LogP contribution in [-0.2, 0) is 9.53 Å². The Labute approximate surface area is 163 Å². The molecule has 0 bridgehead atoms. The number of hydrogen-bond donors (Lipinski definition) is 1. The fourth-order valence-electron chi connectivity index (χ4n) is 4.76. The number of rotatable bonds is 5. The van der Waals surface area contributed by atoms with E-state index in [2.05, 4.69) is 27.2 Å². The van der Waals surface area contributed by atoms with E-state index >= 15 is 0 Å². The van der Waals surface area contributed by atoms with Crippen molar-refractivity contribution >= 4 is 17.3 Å². The SMILES string of the molecule is O=C(CC1CCCCO1)Nc1ccc(N2CCN(C3CCCC3)CC2)cc1. The highest BCUT2D eigenvalue weighted by atomic mass is 16.5. The molecule has 0 aromatic heterocycles. The number of carbonyl (C=O) groups is 1. The number of anilines is 2. The Morgan fingerprint density at radius 3 is 2.33 bits per heavy atom. The van der Waals surface area contributed by atoms with E-state index in [0.717, 1.165) is 44.3 Å². The number of nitrogens with one attached hydrogen (secondary N) is 1. The Morgan fingerprint density at radius 1 is 0.963 bits per heavy atom. The minimum atomic E-state index is 0.0554. The van der Waals surface area contributed by atoms with Crippen molar-refractivity contribution in [1.82, 2.24) is 4.90 Å². The van der Waals surface area contributed by atoms with E-state index in [1.807, 2.05) is 12.1 Å². The molecule has 0 radical (unpaired) electrons. The van der Waals surface area contributed by atoms with Crippen LogP contribution in [0.5, 0.6) is 0 Å². The van der Waals surface area contributed by atoms with Crippen LogP contribution < -0.4 is 10.2 Å². The van der Waals surface area contributed by atoms with Gasteiger partial charge in [0, 0.05) is 50.2 Å². The topological polar surface area (TPSA) is 44.8 Å². The molecule has 3 fully saturated rings. The minimum Gasteiger partial charge on any atom is -0.378 e. The van der Waals surface area contributed by atoms with Crippen molar-refractivity contribution in [2.45, 2.75) is 63.5 Å².